The maximum absolute atomic E-state index is 10.2. The summed E-state index contributed by atoms with van der Waals surface area (Å²) in [7, 11) is 0. The van der Waals surface area contributed by atoms with Crippen LogP contribution >= 0.6 is 0 Å². The van der Waals surface area contributed by atoms with Crippen LogP contribution in [0.5, 0.6) is 0 Å². The minimum absolute atomic E-state index is 0.202. The molecule has 2 atom stereocenters. The number of nitrogens with zero attached hydrogens (tertiary/aromatic N) is 4. The van der Waals surface area contributed by atoms with E-state index < -0.39 is 6.10 Å². The van der Waals surface area contributed by atoms with Gasteiger partial charge in [0, 0.05) is 25.0 Å². The molecule has 1 aliphatic heterocycles. The second-order valence-electron chi connectivity index (χ2n) is 8.00. The quantitative estimate of drug-likeness (QED) is 0.867. The zero-order chi connectivity index (χ0) is 16.4. The lowest BCUT2D eigenvalue weighted by molar-refractivity contribution is -0.0576. The number of hydrogen-bond acceptors (Lipinski definition) is 5. The van der Waals surface area contributed by atoms with Gasteiger partial charge in [-0.1, -0.05) is 0 Å². The standard InChI is InChI=1S/C17H30N4O2/c1-17(2,3)23-11-15(22)10-20-8-4-5-13(9-20)16-19-18-12-21(16)14-6-7-14/h12-15,22H,4-11H2,1-3H3. The SMILES string of the molecule is CC(C)(C)OCC(O)CN1CCCC(c2nncn2C2CC2)C1. The predicted octanol–water partition coefficient (Wildman–Crippen LogP) is 1.97. The molecule has 0 aromatic carbocycles. The first-order valence-corrected chi connectivity index (χ1v) is 8.86. The van der Waals surface area contributed by atoms with E-state index >= 15 is 0 Å². The van der Waals surface area contributed by atoms with Crippen molar-refractivity contribution in [2.24, 2.45) is 0 Å². The van der Waals surface area contributed by atoms with E-state index in [1.54, 1.807) is 0 Å². The number of aliphatic hydroxyl groups is 1. The Morgan fingerprint density at radius 2 is 2.13 bits per heavy atom. The number of aromatic nitrogens is 3. The van der Waals surface area contributed by atoms with Crippen LogP contribution in [0.2, 0.25) is 0 Å². The molecule has 0 spiro atoms. The third-order valence-corrected chi connectivity index (χ3v) is 4.59. The van der Waals surface area contributed by atoms with E-state index in [1.807, 2.05) is 27.1 Å². The molecule has 1 saturated heterocycles. The fraction of sp³-hybridized carbons (Fsp3) is 0.882. The normalized spacial score (nSPS) is 24.8. The zero-order valence-corrected chi connectivity index (χ0v) is 14.6. The predicted molar refractivity (Wildman–Crippen MR) is 88.4 cm³/mol. The number of aliphatic hydroxyl groups excluding tert-OH is 1. The Balaban J connectivity index is 1.53. The lowest BCUT2D eigenvalue weighted by atomic mass is 9.97. The summed E-state index contributed by atoms with van der Waals surface area (Å²) in [4.78, 5) is 2.34. The van der Waals surface area contributed by atoms with Gasteiger partial charge in [0.25, 0.3) is 0 Å². The molecule has 6 nitrogen and oxygen atoms in total. The molecule has 2 heterocycles. The van der Waals surface area contributed by atoms with Crippen LogP contribution in [0.1, 0.15) is 64.2 Å². The number of rotatable bonds is 6. The van der Waals surface area contributed by atoms with Crippen molar-refractivity contribution in [2.45, 2.75) is 70.1 Å². The molecule has 1 N–H and O–H groups in total. The Labute approximate surface area is 138 Å². The smallest absolute Gasteiger partial charge is 0.137 e. The van der Waals surface area contributed by atoms with Gasteiger partial charge in [-0.2, -0.15) is 0 Å². The van der Waals surface area contributed by atoms with Gasteiger partial charge in [0.15, 0.2) is 0 Å². The minimum atomic E-state index is -0.436. The number of hydrogen-bond donors (Lipinski definition) is 1. The van der Waals surface area contributed by atoms with Crippen LogP contribution < -0.4 is 0 Å². The molecule has 130 valence electrons. The third kappa shape index (κ3) is 4.75. The highest BCUT2D eigenvalue weighted by atomic mass is 16.5. The van der Waals surface area contributed by atoms with Crippen LogP contribution in [0.15, 0.2) is 6.33 Å². The molecule has 1 aliphatic carbocycles. The molecule has 3 rings (SSSR count). The molecule has 2 unspecified atom stereocenters. The van der Waals surface area contributed by atoms with Gasteiger partial charge < -0.3 is 14.4 Å². The Morgan fingerprint density at radius 1 is 1.35 bits per heavy atom. The summed E-state index contributed by atoms with van der Waals surface area (Å²) in [5.74, 6) is 1.57. The second kappa shape index (κ2) is 6.87. The number of β-amino-alcohol motifs (C(OH)–C–C–N with tert-alkyl or cyclic N) is 1. The van der Waals surface area contributed by atoms with E-state index in [1.165, 1.54) is 12.8 Å². The molecule has 0 bridgehead atoms. The van der Waals surface area contributed by atoms with Crippen molar-refractivity contribution < 1.29 is 9.84 Å². The third-order valence-electron chi connectivity index (χ3n) is 4.59. The molecule has 2 aliphatic rings. The average molecular weight is 322 g/mol. The van der Waals surface area contributed by atoms with Gasteiger partial charge in [-0.3, -0.25) is 4.90 Å². The van der Waals surface area contributed by atoms with E-state index in [4.69, 9.17) is 4.74 Å². The van der Waals surface area contributed by atoms with Gasteiger partial charge in [-0.05, 0) is 53.0 Å². The molecule has 1 saturated carbocycles. The molecule has 0 amide bonds. The summed E-state index contributed by atoms with van der Waals surface area (Å²) in [5, 5.41) is 18.7. The summed E-state index contributed by atoms with van der Waals surface area (Å²) in [6.45, 7) is 9.11. The summed E-state index contributed by atoms with van der Waals surface area (Å²) in [5.41, 5.74) is -0.202. The fourth-order valence-electron chi connectivity index (χ4n) is 3.31. The van der Waals surface area contributed by atoms with Crippen LogP contribution in [0.25, 0.3) is 0 Å². The van der Waals surface area contributed by atoms with Crippen LogP contribution in [0, 0.1) is 0 Å². The topological polar surface area (TPSA) is 63.4 Å². The summed E-state index contributed by atoms with van der Waals surface area (Å²) >= 11 is 0. The van der Waals surface area contributed by atoms with E-state index in [2.05, 4.69) is 19.7 Å². The van der Waals surface area contributed by atoms with Crippen LogP contribution in [-0.4, -0.2) is 62.7 Å². The maximum Gasteiger partial charge on any atom is 0.137 e. The molecule has 1 aromatic heterocycles. The zero-order valence-electron chi connectivity index (χ0n) is 14.6. The van der Waals surface area contributed by atoms with Crippen molar-refractivity contribution in [1.82, 2.24) is 19.7 Å². The first kappa shape index (κ1) is 16.9. The summed E-state index contributed by atoms with van der Waals surface area (Å²) in [6, 6.07) is 0.626. The van der Waals surface area contributed by atoms with Gasteiger partial charge in [-0.15, -0.1) is 10.2 Å². The highest BCUT2D eigenvalue weighted by Crippen LogP contribution is 2.38. The van der Waals surface area contributed by atoms with Gasteiger partial charge >= 0.3 is 0 Å². The first-order valence-electron chi connectivity index (χ1n) is 8.86. The van der Waals surface area contributed by atoms with Crippen molar-refractivity contribution in [3.8, 4) is 0 Å². The molecular formula is C17H30N4O2. The van der Waals surface area contributed by atoms with Crippen molar-refractivity contribution in [1.29, 1.82) is 0 Å². The van der Waals surface area contributed by atoms with Crippen LogP contribution in [-0.2, 0) is 4.74 Å². The molecule has 1 aromatic rings. The fourth-order valence-corrected chi connectivity index (χ4v) is 3.31. The molecule has 0 radical (unpaired) electrons. The second-order valence-corrected chi connectivity index (χ2v) is 8.00. The van der Waals surface area contributed by atoms with Crippen molar-refractivity contribution in [3.63, 3.8) is 0 Å². The lowest BCUT2D eigenvalue weighted by Gasteiger charge is -2.34. The van der Waals surface area contributed by atoms with Crippen molar-refractivity contribution in [3.05, 3.63) is 12.2 Å². The highest BCUT2D eigenvalue weighted by Gasteiger charge is 2.31. The lowest BCUT2D eigenvalue weighted by Crippen LogP contribution is -2.42. The average Bonchev–Trinajstić information content (AvgIpc) is 3.22. The Kier molecular flexibility index (Phi) is 5.04. The van der Waals surface area contributed by atoms with E-state index in [0.29, 0.717) is 25.1 Å². The summed E-state index contributed by atoms with van der Waals surface area (Å²) < 4.78 is 7.96. The van der Waals surface area contributed by atoms with Gasteiger partial charge in [0.1, 0.15) is 12.2 Å². The Hall–Kier alpha value is -0.980. The van der Waals surface area contributed by atoms with Crippen molar-refractivity contribution in [2.75, 3.05) is 26.2 Å². The number of likely N-dealkylation sites (tertiary alicyclic amines) is 1. The van der Waals surface area contributed by atoms with Gasteiger partial charge in [0.2, 0.25) is 0 Å². The maximum atomic E-state index is 10.2. The summed E-state index contributed by atoms with van der Waals surface area (Å²) in [6.07, 6.45) is 6.27. The monoisotopic (exact) mass is 322 g/mol. The van der Waals surface area contributed by atoms with Crippen molar-refractivity contribution >= 4 is 0 Å². The van der Waals surface area contributed by atoms with Gasteiger partial charge in [0.05, 0.1) is 18.3 Å². The van der Waals surface area contributed by atoms with Crippen LogP contribution in [0.4, 0.5) is 0 Å². The Bertz CT molecular complexity index is 507. The van der Waals surface area contributed by atoms with E-state index in [9.17, 15) is 5.11 Å². The first-order chi connectivity index (χ1) is 10.9. The molecule has 6 heteroatoms. The van der Waals surface area contributed by atoms with Crippen LogP contribution in [0.3, 0.4) is 0 Å². The number of piperidine rings is 1. The minimum Gasteiger partial charge on any atom is -0.389 e. The Morgan fingerprint density at radius 3 is 2.83 bits per heavy atom. The highest BCUT2D eigenvalue weighted by molar-refractivity contribution is 5.04. The largest absolute Gasteiger partial charge is 0.389 e. The number of ether oxygens (including phenoxy) is 1. The van der Waals surface area contributed by atoms with Gasteiger partial charge in [-0.25, -0.2) is 0 Å². The van der Waals surface area contributed by atoms with E-state index in [-0.39, 0.29) is 5.60 Å². The molecule has 23 heavy (non-hydrogen) atoms. The van der Waals surface area contributed by atoms with E-state index in [0.717, 1.165) is 31.8 Å². The molecular weight excluding hydrogens is 292 g/mol. The molecule has 2 fully saturated rings.